The highest BCUT2D eigenvalue weighted by Gasteiger charge is 2.55. The molecule has 2 aliphatic rings. The van der Waals surface area contributed by atoms with Crippen molar-refractivity contribution in [3.63, 3.8) is 0 Å². The van der Waals surface area contributed by atoms with Gasteiger partial charge in [-0.25, -0.2) is 0 Å². The standard InChI is InChI=1S/C18H28N2/c1-3-4-5-6-10-20-12-16-17(13-20)18(16)14-8-7-9-15(11-14)19-2/h7-9,11,16-19H,3-6,10,12-13H2,1-2H3. The Morgan fingerprint density at radius 2 is 1.95 bits per heavy atom. The lowest BCUT2D eigenvalue weighted by molar-refractivity contribution is 0.290. The Balaban J connectivity index is 1.47. The fourth-order valence-electron chi connectivity index (χ4n) is 3.95. The second-order valence-electron chi connectivity index (χ2n) is 6.55. The molecule has 1 aliphatic heterocycles. The van der Waals surface area contributed by atoms with E-state index >= 15 is 0 Å². The van der Waals surface area contributed by atoms with Gasteiger partial charge in [-0.3, -0.25) is 0 Å². The van der Waals surface area contributed by atoms with Crippen LogP contribution in [-0.2, 0) is 0 Å². The van der Waals surface area contributed by atoms with E-state index in [1.165, 1.54) is 51.0 Å². The Morgan fingerprint density at radius 1 is 1.15 bits per heavy atom. The molecule has 0 spiro atoms. The second-order valence-corrected chi connectivity index (χ2v) is 6.55. The van der Waals surface area contributed by atoms with Gasteiger partial charge in [0, 0.05) is 25.8 Å². The summed E-state index contributed by atoms with van der Waals surface area (Å²) >= 11 is 0. The maximum Gasteiger partial charge on any atom is 0.0340 e. The molecule has 0 radical (unpaired) electrons. The quantitative estimate of drug-likeness (QED) is 0.756. The van der Waals surface area contributed by atoms with Crippen molar-refractivity contribution >= 4 is 5.69 Å². The summed E-state index contributed by atoms with van der Waals surface area (Å²) in [5.41, 5.74) is 2.81. The SMILES string of the molecule is CCCCCCN1CC2C(C1)C2c1cccc(NC)c1. The van der Waals surface area contributed by atoms with E-state index < -0.39 is 0 Å². The normalized spacial score (nSPS) is 28.4. The van der Waals surface area contributed by atoms with Crippen molar-refractivity contribution in [1.29, 1.82) is 0 Å². The molecule has 1 aromatic carbocycles. The van der Waals surface area contributed by atoms with E-state index in [0.717, 1.165) is 17.8 Å². The zero-order chi connectivity index (χ0) is 13.9. The molecule has 110 valence electrons. The van der Waals surface area contributed by atoms with Gasteiger partial charge in [0.05, 0.1) is 0 Å². The van der Waals surface area contributed by atoms with Crippen molar-refractivity contribution in [2.24, 2.45) is 11.8 Å². The zero-order valence-electron chi connectivity index (χ0n) is 12.9. The van der Waals surface area contributed by atoms with E-state index in [9.17, 15) is 0 Å². The highest BCUT2D eigenvalue weighted by molar-refractivity contribution is 5.47. The van der Waals surface area contributed by atoms with Crippen molar-refractivity contribution < 1.29 is 0 Å². The van der Waals surface area contributed by atoms with E-state index in [1.54, 1.807) is 5.56 Å². The van der Waals surface area contributed by atoms with Gasteiger partial charge in [-0.1, -0.05) is 38.3 Å². The van der Waals surface area contributed by atoms with Crippen LogP contribution in [0.4, 0.5) is 5.69 Å². The molecule has 1 aliphatic carbocycles. The van der Waals surface area contributed by atoms with Crippen LogP contribution in [0.25, 0.3) is 0 Å². The van der Waals surface area contributed by atoms with Crippen LogP contribution < -0.4 is 5.32 Å². The van der Waals surface area contributed by atoms with E-state index in [2.05, 4.69) is 41.4 Å². The lowest BCUT2D eigenvalue weighted by Crippen LogP contribution is -2.25. The molecule has 0 aromatic heterocycles. The van der Waals surface area contributed by atoms with E-state index in [4.69, 9.17) is 0 Å². The summed E-state index contributed by atoms with van der Waals surface area (Å²) in [6, 6.07) is 9.00. The summed E-state index contributed by atoms with van der Waals surface area (Å²) in [5, 5.41) is 3.25. The summed E-state index contributed by atoms with van der Waals surface area (Å²) in [6.45, 7) is 6.29. The largest absolute Gasteiger partial charge is 0.388 e. The maximum absolute atomic E-state index is 3.25. The minimum atomic E-state index is 0.843. The summed E-state index contributed by atoms with van der Waals surface area (Å²) in [5.74, 6) is 2.72. The Labute approximate surface area is 123 Å². The average molecular weight is 272 g/mol. The fourth-order valence-corrected chi connectivity index (χ4v) is 3.95. The first-order valence-corrected chi connectivity index (χ1v) is 8.33. The van der Waals surface area contributed by atoms with Crippen LogP contribution in [0.5, 0.6) is 0 Å². The Morgan fingerprint density at radius 3 is 2.65 bits per heavy atom. The number of hydrogen-bond donors (Lipinski definition) is 1. The van der Waals surface area contributed by atoms with E-state index in [0.29, 0.717) is 0 Å². The maximum atomic E-state index is 3.25. The lowest BCUT2D eigenvalue weighted by atomic mass is 10.1. The van der Waals surface area contributed by atoms with Crippen LogP contribution in [0.15, 0.2) is 24.3 Å². The van der Waals surface area contributed by atoms with Gasteiger partial charge in [0.1, 0.15) is 0 Å². The van der Waals surface area contributed by atoms with Crippen LogP contribution >= 0.6 is 0 Å². The lowest BCUT2D eigenvalue weighted by Gasteiger charge is -2.19. The predicted octanol–water partition coefficient (Wildman–Crippen LogP) is 3.95. The summed E-state index contributed by atoms with van der Waals surface area (Å²) < 4.78 is 0. The Hall–Kier alpha value is -1.02. The molecule has 1 saturated carbocycles. The number of unbranched alkanes of at least 4 members (excludes halogenated alkanes) is 3. The van der Waals surface area contributed by atoms with Crippen LogP contribution in [0.2, 0.25) is 0 Å². The number of nitrogens with one attached hydrogen (secondary N) is 1. The number of nitrogens with zero attached hydrogens (tertiary/aromatic N) is 1. The number of anilines is 1. The molecule has 2 fully saturated rings. The Bertz CT molecular complexity index is 431. The zero-order valence-corrected chi connectivity index (χ0v) is 12.9. The average Bonchev–Trinajstić information content (AvgIpc) is 2.99. The van der Waals surface area contributed by atoms with Crippen molar-refractivity contribution in [1.82, 2.24) is 4.90 Å². The molecular formula is C18H28N2. The van der Waals surface area contributed by atoms with Crippen molar-refractivity contribution in [2.45, 2.75) is 38.5 Å². The van der Waals surface area contributed by atoms with Crippen molar-refractivity contribution in [2.75, 3.05) is 32.0 Å². The summed E-state index contributed by atoms with van der Waals surface area (Å²) in [4.78, 5) is 2.70. The topological polar surface area (TPSA) is 15.3 Å². The minimum absolute atomic E-state index is 0.843. The highest BCUT2D eigenvalue weighted by Crippen LogP contribution is 2.58. The molecule has 2 nitrogen and oxygen atoms in total. The number of rotatable bonds is 7. The first-order chi connectivity index (χ1) is 9.83. The van der Waals surface area contributed by atoms with E-state index in [1.807, 2.05) is 7.05 Å². The van der Waals surface area contributed by atoms with Gasteiger partial charge in [-0.2, -0.15) is 0 Å². The van der Waals surface area contributed by atoms with Crippen LogP contribution in [0, 0.1) is 11.8 Å². The smallest absolute Gasteiger partial charge is 0.0340 e. The summed E-state index contributed by atoms with van der Waals surface area (Å²) in [6.07, 6.45) is 5.55. The van der Waals surface area contributed by atoms with Gasteiger partial charge in [0.2, 0.25) is 0 Å². The monoisotopic (exact) mass is 272 g/mol. The van der Waals surface area contributed by atoms with Crippen molar-refractivity contribution in [3.8, 4) is 0 Å². The molecule has 1 aromatic rings. The van der Waals surface area contributed by atoms with Crippen LogP contribution in [-0.4, -0.2) is 31.6 Å². The molecule has 2 unspecified atom stereocenters. The summed E-state index contributed by atoms with van der Waals surface area (Å²) in [7, 11) is 2.00. The van der Waals surface area contributed by atoms with E-state index in [-0.39, 0.29) is 0 Å². The Kier molecular flexibility index (Phi) is 4.30. The third-order valence-electron chi connectivity index (χ3n) is 5.16. The molecule has 20 heavy (non-hydrogen) atoms. The van der Waals surface area contributed by atoms with Crippen LogP contribution in [0.1, 0.15) is 44.1 Å². The van der Waals surface area contributed by atoms with Gasteiger partial charge >= 0.3 is 0 Å². The first kappa shape index (κ1) is 13.9. The molecule has 3 rings (SSSR count). The highest BCUT2D eigenvalue weighted by atomic mass is 15.2. The molecule has 0 bridgehead atoms. The molecule has 1 saturated heterocycles. The van der Waals surface area contributed by atoms with Crippen molar-refractivity contribution in [3.05, 3.63) is 29.8 Å². The fraction of sp³-hybridized carbons (Fsp3) is 0.667. The molecule has 1 N–H and O–H groups in total. The van der Waals surface area contributed by atoms with Gasteiger partial charge < -0.3 is 10.2 Å². The third kappa shape index (κ3) is 2.85. The molecule has 2 atom stereocenters. The van der Waals surface area contributed by atoms with Gasteiger partial charge in [-0.15, -0.1) is 0 Å². The minimum Gasteiger partial charge on any atom is -0.388 e. The van der Waals surface area contributed by atoms with Gasteiger partial charge in [-0.05, 0) is 48.4 Å². The molecule has 2 heteroatoms. The van der Waals surface area contributed by atoms with Crippen LogP contribution in [0.3, 0.4) is 0 Å². The number of benzene rings is 1. The number of fused-ring (bicyclic) bond motifs is 1. The third-order valence-corrected chi connectivity index (χ3v) is 5.16. The number of piperidine rings is 1. The molecule has 0 amide bonds. The van der Waals surface area contributed by atoms with Gasteiger partial charge in [0.15, 0.2) is 0 Å². The second kappa shape index (κ2) is 6.17. The number of hydrogen-bond acceptors (Lipinski definition) is 2. The number of likely N-dealkylation sites (tertiary alicyclic amines) is 1. The molecule has 1 heterocycles. The predicted molar refractivity (Wildman–Crippen MR) is 86.3 cm³/mol. The first-order valence-electron chi connectivity index (χ1n) is 8.33. The molecular weight excluding hydrogens is 244 g/mol. The van der Waals surface area contributed by atoms with Gasteiger partial charge in [0.25, 0.3) is 0 Å².